The molecule has 0 atom stereocenters. The molecule has 0 heterocycles. The van der Waals surface area contributed by atoms with Crippen LogP contribution in [0.4, 0.5) is 17.6 Å². The number of alkyl halides is 3. The van der Waals surface area contributed by atoms with Gasteiger partial charge < -0.3 is 5.73 Å². The Morgan fingerprint density at radius 1 is 1.27 bits per heavy atom. The normalized spacial score (nSPS) is 11.9. The van der Waals surface area contributed by atoms with Crippen LogP contribution in [-0.4, -0.2) is 6.54 Å². The minimum absolute atomic E-state index is 0.0233. The van der Waals surface area contributed by atoms with Crippen molar-refractivity contribution in [2.24, 2.45) is 5.73 Å². The van der Waals surface area contributed by atoms with E-state index in [0.717, 1.165) is 6.07 Å². The van der Waals surface area contributed by atoms with Crippen LogP contribution >= 0.6 is 11.6 Å². The standard InChI is InChI=1S/C9H8ClF4N/c10-7-4-6(9(12,13)14)3-5(1-2-15)8(7)11/h3-4H,1-2,15H2. The lowest BCUT2D eigenvalue weighted by atomic mass is 10.1. The predicted octanol–water partition coefficient (Wildman–Crippen LogP) is 3.00. The van der Waals surface area contributed by atoms with Crippen LogP contribution in [0.3, 0.4) is 0 Å². The smallest absolute Gasteiger partial charge is 0.330 e. The van der Waals surface area contributed by atoms with E-state index in [2.05, 4.69) is 0 Å². The molecular weight excluding hydrogens is 234 g/mol. The van der Waals surface area contributed by atoms with Crippen LogP contribution < -0.4 is 5.73 Å². The maximum Gasteiger partial charge on any atom is 0.416 e. The van der Waals surface area contributed by atoms with Crippen LogP contribution in [0.15, 0.2) is 12.1 Å². The van der Waals surface area contributed by atoms with E-state index in [1.54, 1.807) is 0 Å². The van der Waals surface area contributed by atoms with Crippen LogP contribution in [0.5, 0.6) is 0 Å². The van der Waals surface area contributed by atoms with E-state index in [-0.39, 0.29) is 18.5 Å². The monoisotopic (exact) mass is 241 g/mol. The van der Waals surface area contributed by atoms with Crippen molar-refractivity contribution >= 4 is 11.6 Å². The third kappa shape index (κ3) is 2.82. The summed E-state index contributed by atoms with van der Waals surface area (Å²) >= 11 is 5.34. The highest BCUT2D eigenvalue weighted by Crippen LogP contribution is 2.33. The Labute approximate surface area is 88.8 Å². The van der Waals surface area contributed by atoms with Crippen molar-refractivity contribution in [3.8, 4) is 0 Å². The molecule has 0 bridgehead atoms. The third-order valence-corrected chi connectivity index (χ3v) is 2.12. The van der Waals surface area contributed by atoms with E-state index in [0.29, 0.717) is 6.07 Å². The van der Waals surface area contributed by atoms with Crippen molar-refractivity contribution in [3.63, 3.8) is 0 Å². The third-order valence-electron chi connectivity index (χ3n) is 1.84. The molecule has 0 aromatic heterocycles. The molecule has 0 amide bonds. The minimum atomic E-state index is -4.53. The molecule has 0 aliphatic heterocycles. The summed E-state index contributed by atoms with van der Waals surface area (Å²) in [5.41, 5.74) is 4.07. The van der Waals surface area contributed by atoms with Crippen molar-refractivity contribution < 1.29 is 17.6 Å². The lowest BCUT2D eigenvalue weighted by Gasteiger charge is -2.10. The van der Waals surface area contributed by atoms with Crippen LogP contribution in [-0.2, 0) is 12.6 Å². The molecular formula is C9H8ClF4N. The molecule has 84 valence electrons. The zero-order valence-electron chi connectivity index (χ0n) is 7.54. The zero-order valence-corrected chi connectivity index (χ0v) is 8.29. The Morgan fingerprint density at radius 3 is 2.33 bits per heavy atom. The van der Waals surface area contributed by atoms with Gasteiger partial charge in [0.25, 0.3) is 0 Å². The van der Waals surface area contributed by atoms with Gasteiger partial charge in [0, 0.05) is 0 Å². The van der Waals surface area contributed by atoms with Gasteiger partial charge in [-0.1, -0.05) is 11.6 Å². The highest BCUT2D eigenvalue weighted by atomic mass is 35.5. The van der Waals surface area contributed by atoms with E-state index < -0.39 is 22.6 Å². The number of hydrogen-bond acceptors (Lipinski definition) is 1. The summed E-state index contributed by atoms with van der Waals surface area (Å²) in [5.74, 6) is -0.838. The molecule has 2 N–H and O–H groups in total. The second kappa shape index (κ2) is 4.37. The molecule has 1 rings (SSSR count). The molecule has 6 heteroatoms. The number of hydrogen-bond donors (Lipinski definition) is 1. The molecule has 0 spiro atoms. The predicted molar refractivity (Wildman–Crippen MR) is 49.2 cm³/mol. The van der Waals surface area contributed by atoms with Crippen LogP contribution in [0.1, 0.15) is 11.1 Å². The molecule has 1 aromatic rings. The van der Waals surface area contributed by atoms with Crippen molar-refractivity contribution in [1.82, 2.24) is 0 Å². The van der Waals surface area contributed by atoms with Gasteiger partial charge in [0.05, 0.1) is 10.6 Å². The maximum absolute atomic E-state index is 13.2. The Bertz CT molecular complexity index is 362. The molecule has 0 aliphatic carbocycles. The molecule has 1 nitrogen and oxygen atoms in total. The first kappa shape index (κ1) is 12.3. The summed E-state index contributed by atoms with van der Waals surface area (Å²) in [6, 6.07) is 1.30. The summed E-state index contributed by atoms with van der Waals surface area (Å²) in [7, 11) is 0. The van der Waals surface area contributed by atoms with Crippen LogP contribution in [0.25, 0.3) is 0 Å². The van der Waals surface area contributed by atoms with E-state index in [1.807, 2.05) is 0 Å². The topological polar surface area (TPSA) is 26.0 Å². The first-order valence-corrected chi connectivity index (χ1v) is 4.49. The number of halogens is 5. The molecule has 1 aromatic carbocycles. The number of benzene rings is 1. The summed E-state index contributed by atoms with van der Waals surface area (Å²) in [5, 5.41) is -0.534. The Balaban J connectivity index is 3.23. The van der Waals surface area contributed by atoms with Gasteiger partial charge in [-0.2, -0.15) is 13.2 Å². The van der Waals surface area contributed by atoms with E-state index >= 15 is 0 Å². The molecule has 0 unspecified atom stereocenters. The van der Waals surface area contributed by atoms with Crippen LogP contribution in [0, 0.1) is 5.82 Å². The van der Waals surface area contributed by atoms with E-state index in [1.165, 1.54) is 0 Å². The average Bonchev–Trinajstić information content (AvgIpc) is 2.11. The van der Waals surface area contributed by atoms with Crippen molar-refractivity contribution in [3.05, 3.63) is 34.1 Å². The van der Waals surface area contributed by atoms with Gasteiger partial charge in [0.1, 0.15) is 5.82 Å². The molecule has 0 fully saturated rings. The highest BCUT2D eigenvalue weighted by Gasteiger charge is 2.32. The van der Waals surface area contributed by atoms with Gasteiger partial charge in [0.15, 0.2) is 0 Å². The Kier molecular flexibility index (Phi) is 3.57. The fraction of sp³-hybridized carbons (Fsp3) is 0.333. The Hall–Kier alpha value is -0.810. The fourth-order valence-electron chi connectivity index (χ4n) is 1.15. The highest BCUT2D eigenvalue weighted by molar-refractivity contribution is 6.30. The molecule has 0 saturated heterocycles. The lowest BCUT2D eigenvalue weighted by molar-refractivity contribution is -0.137. The Morgan fingerprint density at radius 2 is 1.87 bits per heavy atom. The molecule has 0 aliphatic rings. The largest absolute Gasteiger partial charge is 0.416 e. The summed E-state index contributed by atoms with van der Waals surface area (Å²) in [4.78, 5) is 0. The maximum atomic E-state index is 13.2. The van der Waals surface area contributed by atoms with Crippen molar-refractivity contribution in [2.45, 2.75) is 12.6 Å². The first-order valence-electron chi connectivity index (χ1n) is 4.11. The van der Waals surface area contributed by atoms with E-state index in [9.17, 15) is 17.6 Å². The van der Waals surface area contributed by atoms with Gasteiger partial charge in [-0.15, -0.1) is 0 Å². The number of nitrogens with two attached hydrogens (primary N) is 1. The number of rotatable bonds is 2. The van der Waals surface area contributed by atoms with Gasteiger partial charge >= 0.3 is 6.18 Å². The van der Waals surface area contributed by atoms with Crippen molar-refractivity contribution in [1.29, 1.82) is 0 Å². The van der Waals surface area contributed by atoms with Gasteiger partial charge in [0.2, 0.25) is 0 Å². The summed E-state index contributed by atoms with van der Waals surface area (Å²) < 4.78 is 50.1. The SMILES string of the molecule is NCCc1cc(C(F)(F)F)cc(Cl)c1F. The summed E-state index contributed by atoms with van der Waals surface area (Å²) in [6.07, 6.45) is -4.50. The van der Waals surface area contributed by atoms with E-state index in [4.69, 9.17) is 17.3 Å². The second-order valence-electron chi connectivity index (χ2n) is 2.97. The zero-order chi connectivity index (χ0) is 11.6. The molecule has 15 heavy (non-hydrogen) atoms. The summed E-state index contributed by atoms with van der Waals surface area (Å²) in [6.45, 7) is 0.0640. The quantitative estimate of drug-likeness (QED) is 0.792. The van der Waals surface area contributed by atoms with Crippen LogP contribution in [0.2, 0.25) is 5.02 Å². The lowest BCUT2D eigenvalue weighted by Crippen LogP contribution is -2.10. The second-order valence-corrected chi connectivity index (χ2v) is 3.37. The van der Waals surface area contributed by atoms with Crippen molar-refractivity contribution in [2.75, 3.05) is 6.54 Å². The molecule has 0 radical (unpaired) electrons. The first-order chi connectivity index (χ1) is 6.86. The van der Waals surface area contributed by atoms with Gasteiger partial charge in [-0.3, -0.25) is 0 Å². The molecule has 0 saturated carbocycles. The fourth-order valence-corrected chi connectivity index (χ4v) is 1.39. The minimum Gasteiger partial charge on any atom is -0.330 e. The van der Waals surface area contributed by atoms with Gasteiger partial charge in [-0.05, 0) is 30.7 Å². The average molecular weight is 242 g/mol. The van der Waals surface area contributed by atoms with Gasteiger partial charge in [-0.25, -0.2) is 4.39 Å².